The minimum atomic E-state index is -0.387. The number of halogens is 1. The van der Waals surface area contributed by atoms with Gasteiger partial charge in [-0.2, -0.15) is 0 Å². The number of piperidine rings is 1. The molecule has 7 nitrogen and oxygen atoms in total. The van der Waals surface area contributed by atoms with Crippen molar-refractivity contribution in [2.45, 2.75) is 19.8 Å². The van der Waals surface area contributed by atoms with Crippen molar-refractivity contribution in [2.75, 3.05) is 38.1 Å². The van der Waals surface area contributed by atoms with Gasteiger partial charge in [-0.05, 0) is 44.0 Å². The molecule has 2 amide bonds. The molecule has 0 bridgehead atoms. The van der Waals surface area contributed by atoms with Crippen molar-refractivity contribution in [3.8, 4) is 0 Å². The zero-order valence-electron chi connectivity index (χ0n) is 14.8. The molecular weight excluding hydrogens is 341 g/mol. The Morgan fingerprint density at radius 2 is 1.96 bits per heavy atom. The highest BCUT2D eigenvalue weighted by Crippen LogP contribution is 2.09. The standard InChI is InChI=1S/C18H24FN3O4/c1-2-26-18(25)13-4-3-9-22(11-13)12-17(24)20-10-16(23)21-15-7-5-14(19)6-8-15/h5-8,13H,2-4,9-12H2,1H3,(H,20,24)(H,21,23)/p+1/t13-/m0/s1. The van der Waals surface area contributed by atoms with Crippen LogP contribution in [0, 0.1) is 11.7 Å². The Kier molecular flexibility index (Phi) is 7.53. The van der Waals surface area contributed by atoms with Crippen LogP contribution in [-0.4, -0.2) is 50.6 Å². The van der Waals surface area contributed by atoms with E-state index < -0.39 is 0 Å². The lowest BCUT2D eigenvalue weighted by Crippen LogP contribution is -3.14. The topological polar surface area (TPSA) is 88.9 Å². The highest BCUT2D eigenvalue weighted by atomic mass is 19.1. The van der Waals surface area contributed by atoms with Crippen molar-refractivity contribution in [1.29, 1.82) is 0 Å². The number of rotatable bonds is 7. The Balaban J connectivity index is 1.71. The van der Waals surface area contributed by atoms with E-state index in [1.165, 1.54) is 24.3 Å². The number of quaternary nitrogens is 1. The van der Waals surface area contributed by atoms with Gasteiger partial charge in [0.1, 0.15) is 11.7 Å². The average molecular weight is 366 g/mol. The fourth-order valence-corrected chi connectivity index (χ4v) is 2.98. The number of nitrogens with one attached hydrogen (secondary N) is 3. The zero-order valence-corrected chi connectivity index (χ0v) is 14.8. The number of anilines is 1. The van der Waals surface area contributed by atoms with Gasteiger partial charge >= 0.3 is 5.97 Å². The molecule has 0 aromatic heterocycles. The Bertz CT molecular complexity index is 636. The molecule has 2 rings (SSSR count). The summed E-state index contributed by atoms with van der Waals surface area (Å²) in [5, 5.41) is 5.14. The summed E-state index contributed by atoms with van der Waals surface area (Å²) < 4.78 is 17.9. The third-order valence-corrected chi connectivity index (χ3v) is 4.22. The van der Waals surface area contributed by atoms with E-state index in [1.807, 2.05) is 0 Å². The molecule has 2 atom stereocenters. The smallest absolute Gasteiger partial charge is 0.314 e. The predicted molar refractivity (Wildman–Crippen MR) is 93.0 cm³/mol. The minimum absolute atomic E-state index is 0.162. The maximum atomic E-state index is 12.8. The van der Waals surface area contributed by atoms with Crippen LogP contribution in [0.25, 0.3) is 0 Å². The van der Waals surface area contributed by atoms with Crippen LogP contribution in [-0.2, 0) is 19.1 Å². The minimum Gasteiger partial charge on any atom is -0.466 e. The number of carbonyl (C=O) groups is 3. The molecule has 0 saturated carbocycles. The SMILES string of the molecule is CCOC(=O)[C@H]1CCC[NH+](CC(=O)NCC(=O)Nc2ccc(F)cc2)C1. The van der Waals surface area contributed by atoms with Crippen molar-refractivity contribution >= 4 is 23.5 Å². The van der Waals surface area contributed by atoms with Gasteiger partial charge in [0.25, 0.3) is 5.91 Å². The molecule has 0 spiro atoms. The number of carbonyl (C=O) groups excluding carboxylic acids is 3. The van der Waals surface area contributed by atoms with Gasteiger partial charge in [-0.15, -0.1) is 0 Å². The van der Waals surface area contributed by atoms with Gasteiger partial charge in [0.05, 0.1) is 26.2 Å². The van der Waals surface area contributed by atoms with Crippen LogP contribution in [0.4, 0.5) is 10.1 Å². The van der Waals surface area contributed by atoms with E-state index in [0.717, 1.165) is 24.3 Å². The fourth-order valence-electron chi connectivity index (χ4n) is 2.98. The number of amides is 2. The van der Waals surface area contributed by atoms with Crippen molar-refractivity contribution in [1.82, 2.24) is 5.32 Å². The second-order valence-electron chi connectivity index (χ2n) is 6.30. The molecule has 1 heterocycles. The molecule has 26 heavy (non-hydrogen) atoms. The first-order valence-corrected chi connectivity index (χ1v) is 8.80. The summed E-state index contributed by atoms with van der Waals surface area (Å²) in [6.07, 6.45) is 1.64. The summed E-state index contributed by atoms with van der Waals surface area (Å²) in [5.41, 5.74) is 0.463. The van der Waals surface area contributed by atoms with Crippen molar-refractivity contribution < 1.29 is 28.4 Å². The van der Waals surface area contributed by atoms with Crippen LogP contribution in [0.5, 0.6) is 0 Å². The largest absolute Gasteiger partial charge is 0.466 e. The molecule has 1 aromatic rings. The summed E-state index contributed by atoms with van der Waals surface area (Å²) >= 11 is 0. The molecule has 3 N–H and O–H groups in total. The fraction of sp³-hybridized carbons (Fsp3) is 0.500. The first-order chi connectivity index (χ1) is 12.5. The Morgan fingerprint density at radius 3 is 2.65 bits per heavy atom. The maximum Gasteiger partial charge on any atom is 0.314 e. The molecule has 1 saturated heterocycles. The number of hydrogen-bond acceptors (Lipinski definition) is 4. The van der Waals surface area contributed by atoms with E-state index in [2.05, 4.69) is 10.6 Å². The van der Waals surface area contributed by atoms with E-state index in [9.17, 15) is 18.8 Å². The summed E-state index contributed by atoms with van der Waals surface area (Å²) in [6.45, 7) is 3.55. The summed E-state index contributed by atoms with van der Waals surface area (Å²) in [6, 6.07) is 5.38. The zero-order chi connectivity index (χ0) is 18.9. The van der Waals surface area contributed by atoms with Gasteiger partial charge in [-0.25, -0.2) is 4.39 Å². The van der Waals surface area contributed by atoms with Gasteiger partial charge in [-0.3, -0.25) is 14.4 Å². The van der Waals surface area contributed by atoms with E-state index in [4.69, 9.17) is 4.74 Å². The average Bonchev–Trinajstić information content (AvgIpc) is 2.62. The molecule has 8 heteroatoms. The number of ether oxygens (including phenoxy) is 1. The molecule has 1 aliphatic heterocycles. The van der Waals surface area contributed by atoms with Gasteiger partial charge in [0.15, 0.2) is 6.54 Å². The van der Waals surface area contributed by atoms with E-state index in [0.29, 0.717) is 18.8 Å². The van der Waals surface area contributed by atoms with Gasteiger partial charge in [0, 0.05) is 5.69 Å². The molecule has 142 valence electrons. The summed E-state index contributed by atoms with van der Waals surface area (Å²) in [5.74, 6) is -1.40. The first-order valence-electron chi connectivity index (χ1n) is 8.80. The highest BCUT2D eigenvalue weighted by Gasteiger charge is 2.30. The quantitative estimate of drug-likeness (QED) is 0.580. The Hall–Kier alpha value is -2.48. The van der Waals surface area contributed by atoms with Crippen LogP contribution in [0.3, 0.4) is 0 Å². The molecule has 1 aliphatic rings. The number of likely N-dealkylation sites (tertiary alicyclic amines) is 1. The monoisotopic (exact) mass is 366 g/mol. The van der Waals surface area contributed by atoms with Crippen LogP contribution in [0.15, 0.2) is 24.3 Å². The molecular formula is C18H25FN3O4+. The van der Waals surface area contributed by atoms with E-state index in [-0.39, 0.29) is 42.6 Å². The number of benzene rings is 1. The normalized spacial score (nSPS) is 19.5. The van der Waals surface area contributed by atoms with Crippen molar-refractivity contribution in [3.63, 3.8) is 0 Å². The lowest BCUT2D eigenvalue weighted by Gasteiger charge is -2.28. The molecule has 1 aromatic carbocycles. The highest BCUT2D eigenvalue weighted by molar-refractivity contribution is 5.94. The van der Waals surface area contributed by atoms with E-state index >= 15 is 0 Å². The van der Waals surface area contributed by atoms with Gasteiger partial charge < -0.3 is 20.3 Å². The molecule has 0 aliphatic carbocycles. The maximum absolute atomic E-state index is 12.8. The van der Waals surface area contributed by atoms with Gasteiger partial charge in [0.2, 0.25) is 5.91 Å². The molecule has 0 radical (unpaired) electrons. The van der Waals surface area contributed by atoms with Crippen LogP contribution in [0.1, 0.15) is 19.8 Å². The van der Waals surface area contributed by atoms with Gasteiger partial charge in [-0.1, -0.05) is 0 Å². The van der Waals surface area contributed by atoms with Crippen LogP contribution in [0.2, 0.25) is 0 Å². The van der Waals surface area contributed by atoms with Crippen molar-refractivity contribution in [2.24, 2.45) is 5.92 Å². The van der Waals surface area contributed by atoms with E-state index in [1.54, 1.807) is 6.92 Å². The van der Waals surface area contributed by atoms with Crippen LogP contribution < -0.4 is 15.5 Å². The molecule has 1 unspecified atom stereocenters. The van der Waals surface area contributed by atoms with Crippen molar-refractivity contribution in [3.05, 3.63) is 30.1 Å². The number of hydrogen-bond donors (Lipinski definition) is 3. The predicted octanol–water partition coefficient (Wildman–Crippen LogP) is -0.262. The first kappa shape index (κ1) is 19.8. The lowest BCUT2D eigenvalue weighted by molar-refractivity contribution is -0.899. The lowest BCUT2D eigenvalue weighted by atomic mass is 9.98. The molecule has 1 fully saturated rings. The summed E-state index contributed by atoms with van der Waals surface area (Å²) in [7, 11) is 0. The Morgan fingerprint density at radius 1 is 1.23 bits per heavy atom. The van der Waals surface area contributed by atoms with Crippen LogP contribution >= 0.6 is 0 Å². The third-order valence-electron chi connectivity index (χ3n) is 4.22. The summed E-state index contributed by atoms with van der Waals surface area (Å²) in [4.78, 5) is 36.7. The third kappa shape index (κ3) is 6.44. The number of esters is 1. The second kappa shape index (κ2) is 9.86. The second-order valence-corrected chi connectivity index (χ2v) is 6.30. The Labute approximate surface area is 151 Å².